The Morgan fingerprint density at radius 2 is 1.88 bits per heavy atom. The normalized spacial score (nSPS) is 10.4. The van der Waals surface area contributed by atoms with Crippen molar-refractivity contribution in [1.29, 1.82) is 0 Å². The number of carbonyl (C=O) groups is 2. The zero-order valence-electron chi connectivity index (χ0n) is 14.4. The van der Waals surface area contributed by atoms with Crippen LogP contribution in [0.15, 0.2) is 41.3 Å². The van der Waals surface area contributed by atoms with E-state index >= 15 is 0 Å². The van der Waals surface area contributed by atoms with Gasteiger partial charge in [-0.3, -0.25) is 9.59 Å². The molecule has 2 aromatic rings. The third kappa shape index (κ3) is 5.80. The predicted molar refractivity (Wildman–Crippen MR) is 102 cm³/mol. The Morgan fingerprint density at radius 3 is 2.60 bits per heavy atom. The SMILES string of the molecule is Cc1ccc(SCC(=O)OCC(=O)Nc2cccc(Cl)c2C)cc1C. The standard InChI is InChI=1S/C19H20ClNO3S/c1-12-7-8-15(9-13(12)2)25-11-19(23)24-10-18(22)21-17-6-4-5-16(20)14(17)3/h4-9H,10-11H2,1-3H3,(H,21,22). The number of aryl methyl sites for hydroxylation is 2. The van der Waals surface area contributed by atoms with Crippen LogP contribution in [0.5, 0.6) is 0 Å². The number of ether oxygens (including phenoxy) is 1. The van der Waals surface area contributed by atoms with Crippen LogP contribution in [0.1, 0.15) is 16.7 Å². The van der Waals surface area contributed by atoms with Crippen LogP contribution in [-0.2, 0) is 14.3 Å². The molecule has 4 nitrogen and oxygen atoms in total. The molecule has 0 aromatic heterocycles. The summed E-state index contributed by atoms with van der Waals surface area (Å²) in [4.78, 5) is 24.7. The van der Waals surface area contributed by atoms with Crippen molar-refractivity contribution in [1.82, 2.24) is 0 Å². The highest BCUT2D eigenvalue weighted by Crippen LogP contribution is 2.23. The molecule has 0 radical (unpaired) electrons. The van der Waals surface area contributed by atoms with Gasteiger partial charge < -0.3 is 10.1 Å². The topological polar surface area (TPSA) is 55.4 Å². The van der Waals surface area contributed by atoms with Crippen molar-refractivity contribution in [3.8, 4) is 0 Å². The molecule has 0 atom stereocenters. The highest BCUT2D eigenvalue weighted by atomic mass is 35.5. The summed E-state index contributed by atoms with van der Waals surface area (Å²) < 4.78 is 5.02. The molecule has 132 valence electrons. The molecular formula is C19H20ClNO3S. The molecule has 2 rings (SSSR count). The van der Waals surface area contributed by atoms with Gasteiger partial charge in [0.05, 0.1) is 5.75 Å². The number of nitrogens with one attached hydrogen (secondary N) is 1. The summed E-state index contributed by atoms with van der Waals surface area (Å²) in [5.74, 6) is -0.664. The van der Waals surface area contributed by atoms with Gasteiger partial charge in [0, 0.05) is 15.6 Å². The second-order valence-corrected chi connectivity index (χ2v) is 7.11. The van der Waals surface area contributed by atoms with E-state index in [-0.39, 0.29) is 12.4 Å². The maximum Gasteiger partial charge on any atom is 0.316 e. The van der Waals surface area contributed by atoms with Crippen molar-refractivity contribution in [3.63, 3.8) is 0 Å². The summed E-state index contributed by atoms with van der Waals surface area (Å²) in [5.41, 5.74) is 3.77. The first-order valence-electron chi connectivity index (χ1n) is 7.77. The number of hydrogen-bond acceptors (Lipinski definition) is 4. The van der Waals surface area contributed by atoms with E-state index in [2.05, 4.69) is 5.32 Å². The predicted octanol–water partition coefficient (Wildman–Crippen LogP) is 4.54. The Bertz CT molecular complexity index is 792. The third-order valence-electron chi connectivity index (χ3n) is 3.74. The highest BCUT2D eigenvalue weighted by Gasteiger charge is 2.10. The molecule has 0 unspecified atom stereocenters. The molecule has 1 N–H and O–H groups in total. The number of benzene rings is 2. The van der Waals surface area contributed by atoms with Crippen LogP contribution in [0.25, 0.3) is 0 Å². The summed E-state index contributed by atoms with van der Waals surface area (Å²) in [5, 5.41) is 3.26. The molecule has 0 saturated carbocycles. The highest BCUT2D eigenvalue weighted by molar-refractivity contribution is 8.00. The van der Waals surface area contributed by atoms with Gasteiger partial charge in [-0.15, -0.1) is 11.8 Å². The first kappa shape index (κ1) is 19.3. The van der Waals surface area contributed by atoms with Gasteiger partial charge in [-0.25, -0.2) is 0 Å². The number of rotatable bonds is 6. The lowest BCUT2D eigenvalue weighted by Gasteiger charge is -2.10. The minimum atomic E-state index is -0.429. The van der Waals surface area contributed by atoms with Gasteiger partial charge in [-0.2, -0.15) is 0 Å². The van der Waals surface area contributed by atoms with Gasteiger partial charge in [0.1, 0.15) is 0 Å². The van der Waals surface area contributed by atoms with E-state index in [1.807, 2.05) is 39.0 Å². The Hall–Kier alpha value is -1.98. The molecule has 0 saturated heterocycles. The second kappa shape index (κ2) is 8.92. The van der Waals surface area contributed by atoms with Crippen LogP contribution >= 0.6 is 23.4 Å². The van der Waals surface area contributed by atoms with Crippen molar-refractivity contribution < 1.29 is 14.3 Å². The fraction of sp³-hybridized carbons (Fsp3) is 0.263. The van der Waals surface area contributed by atoms with Gasteiger partial charge in [0.2, 0.25) is 0 Å². The Labute approximate surface area is 156 Å². The number of amides is 1. The van der Waals surface area contributed by atoms with Crippen molar-refractivity contribution in [2.75, 3.05) is 17.7 Å². The first-order chi connectivity index (χ1) is 11.9. The van der Waals surface area contributed by atoms with Gasteiger partial charge in [0.15, 0.2) is 6.61 Å². The zero-order valence-corrected chi connectivity index (χ0v) is 16.0. The maximum atomic E-state index is 11.9. The minimum absolute atomic E-state index is 0.159. The Kier molecular flexibility index (Phi) is 6.91. The molecule has 0 aliphatic heterocycles. The van der Waals surface area contributed by atoms with E-state index in [1.165, 1.54) is 22.9 Å². The van der Waals surface area contributed by atoms with Crippen LogP contribution in [0.4, 0.5) is 5.69 Å². The van der Waals surface area contributed by atoms with Gasteiger partial charge >= 0.3 is 5.97 Å². The summed E-state index contributed by atoms with van der Waals surface area (Å²) >= 11 is 7.39. The molecule has 0 fully saturated rings. The zero-order chi connectivity index (χ0) is 18.4. The van der Waals surface area contributed by atoms with E-state index in [0.717, 1.165) is 10.5 Å². The molecular weight excluding hydrogens is 358 g/mol. The fourth-order valence-electron chi connectivity index (χ4n) is 2.06. The molecule has 6 heteroatoms. The second-order valence-electron chi connectivity index (χ2n) is 5.66. The van der Waals surface area contributed by atoms with Crippen LogP contribution in [0.3, 0.4) is 0 Å². The maximum absolute atomic E-state index is 11.9. The number of hydrogen-bond donors (Lipinski definition) is 1. The van der Waals surface area contributed by atoms with Crippen molar-refractivity contribution in [3.05, 3.63) is 58.1 Å². The van der Waals surface area contributed by atoms with E-state index in [0.29, 0.717) is 10.7 Å². The monoisotopic (exact) mass is 377 g/mol. The van der Waals surface area contributed by atoms with Gasteiger partial charge in [-0.1, -0.05) is 23.7 Å². The molecule has 0 bridgehead atoms. The largest absolute Gasteiger partial charge is 0.455 e. The fourth-order valence-corrected chi connectivity index (χ4v) is 3.03. The molecule has 0 heterocycles. The average molecular weight is 378 g/mol. The Morgan fingerprint density at radius 1 is 1.12 bits per heavy atom. The molecule has 0 aliphatic carbocycles. The average Bonchev–Trinajstić information content (AvgIpc) is 2.58. The number of anilines is 1. The quantitative estimate of drug-likeness (QED) is 0.593. The van der Waals surface area contributed by atoms with Gasteiger partial charge in [-0.05, 0) is 61.7 Å². The lowest BCUT2D eigenvalue weighted by Crippen LogP contribution is -2.22. The van der Waals surface area contributed by atoms with Crippen LogP contribution in [-0.4, -0.2) is 24.2 Å². The number of esters is 1. The summed E-state index contributed by atoms with van der Waals surface area (Å²) in [6.07, 6.45) is 0. The van der Waals surface area contributed by atoms with Crippen molar-refractivity contribution >= 4 is 40.9 Å². The molecule has 25 heavy (non-hydrogen) atoms. The number of halogens is 1. The van der Waals surface area contributed by atoms with Crippen molar-refractivity contribution in [2.45, 2.75) is 25.7 Å². The van der Waals surface area contributed by atoms with Crippen LogP contribution in [0, 0.1) is 20.8 Å². The number of thioether (sulfide) groups is 1. The molecule has 0 aliphatic rings. The minimum Gasteiger partial charge on any atom is -0.455 e. The molecule has 2 aromatic carbocycles. The summed E-state index contributed by atoms with van der Waals surface area (Å²) in [6.45, 7) is 5.56. The van der Waals surface area contributed by atoms with Crippen LogP contribution in [0.2, 0.25) is 5.02 Å². The third-order valence-corrected chi connectivity index (χ3v) is 5.12. The lowest BCUT2D eigenvalue weighted by atomic mass is 10.1. The van der Waals surface area contributed by atoms with E-state index in [1.54, 1.807) is 18.2 Å². The number of carbonyl (C=O) groups excluding carboxylic acids is 2. The van der Waals surface area contributed by atoms with E-state index in [4.69, 9.17) is 16.3 Å². The summed E-state index contributed by atoms with van der Waals surface area (Å²) in [7, 11) is 0. The molecule has 1 amide bonds. The Balaban J connectivity index is 1.78. The van der Waals surface area contributed by atoms with Crippen molar-refractivity contribution in [2.24, 2.45) is 0 Å². The first-order valence-corrected chi connectivity index (χ1v) is 9.14. The lowest BCUT2D eigenvalue weighted by molar-refractivity contribution is -0.144. The summed E-state index contributed by atoms with van der Waals surface area (Å²) in [6, 6.07) is 11.3. The van der Waals surface area contributed by atoms with E-state index in [9.17, 15) is 9.59 Å². The van der Waals surface area contributed by atoms with Gasteiger partial charge in [0.25, 0.3) is 5.91 Å². The smallest absolute Gasteiger partial charge is 0.316 e. The molecule has 0 spiro atoms. The van der Waals surface area contributed by atoms with E-state index < -0.39 is 11.9 Å². The van der Waals surface area contributed by atoms with Crippen LogP contribution < -0.4 is 5.32 Å².